The highest BCUT2D eigenvalue weighted by atomic mass is 16.3. The number of hydrogen-bond donors (Lipinski definition) is 1. The number of furan rings is 1. The fourth-order valence-electron chi connectivity index (χ4n) is 1.75. The minimum Gasteiger partial charge on any atom is -0.469 e. The number of aromatic nitrogens is 1. The molecule has 3 heteroatoms. The van der Waals surface area contributed by atoms with Crippen LogP contribution in [0.3, 0.4) is 0 Å². The molecule has 90 valence electrons. The van der Waals surface area contributed by atoms with Gasteiger partial charge in [0.25, 0.3) is 0 Å². The van der Waals surface area contributed by atoms with E-state index in [9.17, 15) is 0 Å². The molecular formula is C14H18N2O. The normalized spacial score (nSPS) is 12.4. The van der Waals surface area contributed by atoms with Crippen molar-refractivity contribution < 1.29 is 4.42 Å². The molecule has 2 heterocycles. The van der Waals surface area contributed by atoms with E-state index >= 15 is 0 Å². The van der Waals surface area contributed by atoms with Crippen LogP contribution in [-0.2, 0) is 6.42 Å². The first-order valence-electron chi connectivity index (χ1n) is 5.95. The minimum atomic E-state index is 0.384. The lowest BCUT2D eigenvalue weighted by molar-refractivity contribution is 0.495. The molecule has 0 aromatic carbocycles. The van der Waals surface area contributed by atoms with Crippen LogP contribution in [0.1, 0.15) is 24.7 Å². The summed E-state index contributed by atoms with van der Waals surface area (Å²) in [5.74, 6) is 1.98. The maximum atomic E-state index is 5.31. The van der Waals surface area contributed by atoms with Gasteiger partial charge in [-0.3, -0.25) is 0 Å². The highest BCUT2D eigenvalue weighted by molar-refractivity contribution is 5.37. The van der Waals surface area contributed by atoms with Crippen molar-refractivity contribution in [2.24, 2.45) is 0 Å². The Hall–Kier alpha value is -1.77. The predicted molar refractivity (Wildman–Crippen MR) is 69.1 cm³/mol. The lowest BCUT2D eigenvalue weighted by Crippen LogP contribution is -2.16. The van der Waals surface area contributed by atoms with E-state index in [1.165, 1.54) is 5.56 Å². The van der Waals surface area contributed by atoms with Gasteiger partial charge in [-0.2, -0.15) is 0 Å². The van der Waals surface area contributed by atoms with Crippen LogP contribution in [-0.4, -0.2) is 11.0 Å². The molecule has 0 aliphatic carbocycles. The molecule has 1 unspecified atom stereocenters. The number of nitrogens with one attached hydrogen (secondary N) is 1. The molecule has 0 amide bonds. The van der Waals surface area contributed by atoms with E-state index in [0.717, 1.165) is 24.4 Å². The molecule has 0 bridgehead atoms. The summed E-state index contributed by atoms with van der Waals surface area (Å²) in [5.41, 5.74) is 1.22. The maximum Gasteiger partial charge on any atom is 0.126 e. The van der Waals surface area contributed by atoms with Crippen molar-refractivity contribution in [2.75, 3.05) is 5.32 Å². The van der Waals surface area contributed by atoms with Crippen molar-refractivity contribution >= 4 is 5.82 Å². The number of aryl methyl sites for hydroxylation is 2. The summed E-state index contributed by atoms with van der Waals surface area (Å²) in [5, 5.41) is 3.39. The second-order valence-electron chi connectivity index (χ2n) is 4.38. The van der Waals surface area contributed by atoms with Gasteiger partial charge in [0.15, 0.2) is 0 Å². The molecular weight excluding hydrogens is 212 g/mol. The zero-order valence-corrected chi connectivity index (χ0v) is 10.3. The third kappa shape index (κ3) is 3.63. The lowest BCUT2D eigenvalue weighted by Gasteiger charge is -2.13. The van der Waals surface area contributed by atoms with E-state index in [4.69, 9.17) is 4.42 Å². The zero-order valence-electron chi connectivity index (χ0n) is 10.3. The molecule has 0 aliphatic heterocycles. The quantitative estimate of drug-likeness (QED) is 0.855. The van der Waals surface area contributed by atoms with E-state index in [1.54, 1.807) is 6.26 Å². The molecule has 0 radical (unpaired) electrons. The Morgan fingerprint density at radius 2 is 2.29 bits per heavy atom. The third-order valence-corrected chi connectivity index (χ3v) is 2.71. The van der Waals surface area contributed by atoms with Gasteiger partial charge in [-0.1, -0.05) is 0 Å². The monoisotopic (exact) mass is 230 g/mol. The second kappa shape index (κ2) is 5.53. The second-order valence-corrected chi connectivity index (χ2v) is 4.38. The molecule has 1 atom stereocenters. The van der Waals surface area contributed by atoms with Gasteiger partial charge in [0, 0.05) is 18.7 Å². The van der Waals surface area contributed by atoms with Gasteiger partial charge in [-0.25, -0.2) is 4.98 Å². The highest BCUT2D eigenvalue weighted by Crippen LogP contribution is 2.11. The number of nitrogens with zero attached hydrogens (tertiary/aromatic N) is 1. The van der Waals surface area contributed by atoms with Crippen LogP contribution < -0.4 is 5.32 Å². The van der Waals surface area contributed by atoms with E-state index in [-0.39, 0.29) is 0 Å². The first-order chi connectivity index (χ1) is 8.24. The average Bonchev–Trinajstić information content (AvgIpc) is 2.79. The molecule has 2 aromatic heterocycles. The fraction of sp³-hybridized carbons (Fsp3) is 0.357. The summed E-state index contributed by atoms with van der Waals surface area (Å²) < 4.78 is 5.31. The molecule has 0 saturated heterocycles. The van der Waals surface area contributed by atoms with Crippen molar-refractivity contribution in [1.29, 1.82) is 0 Å². The molecule has 3 nitrogen and oxygen atoms in total. The van der Waals surface area contributed by atoms with E-state index < -0.39 is 0 Å². The third-order valence-electron chi connectivity index (χ3n) is 2.71. The maximum absolute atomic E-state index is 5.31. The first kappa shape index (κ1) is 11.7. The Kier molecular flexibility index (Phi) is 3.81. The van der Waals surface area contributed by atoms with E-state index in [1.807, 2.05) is 24.4 Å². The Balaban J connectivity index is 1.83. The van der Waals surface area contributed by atoms with Crippen LogP contribution in [0.2, 0.25) is 0 Å². The molecule has 2 rings (SSSR count). The fourth-order valence-corrected chi connectivity index (χ4v) is 1.75. The van der Waals surface area contributed by atoms with Crippen LogP contribution in [0.15, 0.2) is 41.1 Å². The Morgan fingerprint density at radius 1 is 1.41 bits per heavy atom. The SMILES string of the molecule is Cc1ccnc(NC(C)CCc2ccco2)c1. The van der Waals surface area contributed by atoms with Gasteiger partial charge < -0.3 is 9.73 Å². The molecule has 0 aliphatic rings. The van der Waals surface area contributed by atoms with E-state index in [2.05, 4.69) is 30.2 Å². The highest BCUT2D eigenvalue weighted by Gasteiger charge is 2.04. The van der Waals surface area contributed by atoms with E-state index in [0.29, 0.717) is 6.04 Å². The molecule has 2 aromatic rings. The molecule has 0 fully saturated rings. The summed E-state index contributed by atoms with van der Waals surface area (Å²) in [7, 11) is 0. The van der Waals surface area contributed by atoms with Gasteiger partial charge in [0.05, 0.1) is 6.26 Å². The summed E-state index contributed by atoms with van der Waals surface area (Å²) in [6.45, 7) is 4.23. The standard InChI is InChI=1S/C14H18N2O/c1-11-7-8-15-14(10-11)16-12(2)5-6-13-4-3-9-17-13/h3-4,7-10,12H,5-6H2,1-2H3,(H,15,16). The molecule has 0 spiro atoms. The van der Waals surface area contributed by atoms with Crippen LogP contribution >= 0.6 is 0 Å². The van der Waals surface area contributed by atoms with Gasteiger partial charge in [-0.05, 0) is 50.1 Å². The number of hydrogen-bond acceptors (Lipinski definition) is 3. The Bertz CT molecular complexity index is 451. The average molecular weight is 230 g/mol. The van der Waals surface area contributed by atoms with Crippen molar-refractivity contribution in [3.05, 3.63) is 48.0 Å². The van der Waals surface area contributed by atoms with Gasteiger partial charge in [0.2, 0.25) is 0 Å². The Labute approximate surface area is 102 Å². The molecule has 0 saturated carbocycles. The predicted octanol–water partition coefficient (Wildman–Crippen LogP) is 3.42. The van der Waals surface area contributed by atoms with Crippen molar-refractivity contribution in [3.8, 4) is 0 Å². The number of pyridine rings is 1. The first-order valence-corrected chi connectivity index (χ1v) is 5.95. The minimum absolute atomic E-state index is 0.384. The zero-order chi connectivity index (χ0) is 12.1. The topological polar surface area (TPSA) is 38.1 Å². The van der Waals surface area contributed by atoms with Crippen LogP contribution in [0.4, 0.5) is 5.82 Å². The van der Waals surface area contributed by atoms with Crippen molar-refractivity contribution in [3.63, 3.8) is 0 Å². The summed E-state index contributed by atoms with van der Waals surface area (Å²) in [6.07, 6.45) is 5.53. The summed E-state index contributed by atoms with van der Waals surface area (Å²) in [4.78, 5) is 4.29. The van der Waals surface area contributed by atoms with Crippen LogP contribution in [0.25, 0.3) is 0 Å². The smallest absolute Gasteiger partial charge is 0.126 e. The van der Waals surface area contributed by atoms with Crippen LogP contribution in [0.5, 0.6) is 0 Å². The molecule has 1 N–H and O–H groups in total. The number of anilines is 1. The lowest BCUT2D eigenvalue weighted by atomic mass is 10.1. The largest absolute Gasteiger partial charge is 0.469 e. The van der Waals surface area contributed by atoms with Crippen molar-refractivity contribution in [1.82, 2.24) is 4.98 Å². The van der Waals surface area contributed by atoms with Gasteiger partial charge >= 0.3 is 0 Å². The molecule has 17 heavy (non-hydrogen) atoms. The summed E-state index contributed by atoms with van der Waals surface area (Å²) >= 11 is 0. The van der Waals surface area contributed by atoms with Crippen molar-refractivity contribution in [2.45, 2.75) is 32.7 Å². The summed E-state index contributed by atoms with van der Waals surface area (Å²) in [6, 6.07) is 8.38. The number of rotatable bonds is 5. The van der Waals surface area contributed by atoms with Gasteiger partial charge in [0.1, 0.15) is 11.6 Å². The Morgan fingerprint density at radius 3 is 3.00 bits per heavy atom. The van der Waals surface area contributed by atoms with Crippen LogP contribution in [0, 0.1) is 6.92 Å². The van der Waals surface area contributed by atoms with Gasteiger partial charge in [-0.15, -0.1) is 0 Å².